The molecule has 106 valence electrons. The molecule has 0 radical (unpaired) electrons. The number of ether oxygens (including phenoxy) is 1. The summed E-state index contributed by atoms with van der Waals surface area (Å²) in [6, 6.07) is 10.8. The van der Waals surface area contributed by atoms with Crippen LogP contribution in [0.4, 0.5) is 0 Å². The van der Waals surface area contributed by atoms with Gasteiger partial charge in [-0.25, -0.2) is 0 Å². The highest BCUT2D eigenvalue weighted by atomic mass is 16.5. The first kappa shape index (κ1) is 13.4. The van der Waals surface area contributed by atoms with Crippen molar-refractivity contribution < 1.29 is 9.53 Å². The molecule has 1 heterocycles. The van der Waals surface area contributed by atoms with Crippen LogP contribution in [0.3, 0.4) is 0 Å². The Hall–Kier alpha value is -1.61. The van der Waals surface area contributed by atoms with Gasteiger partial charge in [-0.2, -0.15) is 0 Å². The van der Waals surface area contributed by atoms with E-state index in [9.17, 15) is 4.79 Å². The second-order valence-corrected chi connectivity index (χ2v) is 5.58. The highest BCUT2D eigenvalue weighted by Crippen LogP contribution is 2.42. The van der Waals surface area contributed by atoms with Gasteiger partial charge in [0.1, 0.15) is 6.04 Å². The number of likely N-dealkylation sites (tertiary alicyclic amines) is 1. The topological polar surface area (TPSA) is 29.5 Å². The lowest BCUT2D eigenvalue weighted by molar-refractivity contribution is -0.150. The summed E-state index contributed by atoms with van der Waals surface area (Å²) >= 11 is 0. The van der Waals surface area contributed by atoms with Crippen LogP contribution < -0.4 is 0 Å². The molecule has 3 nitrogen and oxygen atoms in total. The first-order chi connectivity index (χ1) is 9.72. The quantitative estimate of drug-likeness (QED) is 0.623. The van der Waals surface area contributed by atoms with E-state index in [0.717, 1.165) is 6.42 Å². The summed E-state index contributed by atoms with van der Waals surface area (Å²) in [5.74, 6) is 0.234. The Bertz CT molecular complexity index is 511. The van der Waals surface area contributed by atoms with Crippen LogP contribution in [0, 0.1) is 5.92 Å². The van der Waals surface area contributed by atoms with Crippen LogP contribution in [0.1, 0.15) is 31.9 Å². The van der Waals surface area contributed by atoms with Gasteiger partial charge in [-0.1, -0.05) is 42.5 Å². The molecule has 1 aliphatic heterocycles. The van der Waals surface area contributed by atoms with E-state index in [4.69, 9.17) is 4.74 Å². The first-order valence-corrected chi connectivity index (χ1v) is 7.39. The van der Waals surface area contributed by atoms with E-state index in [1.165, 1.54) is 5.56 Å². The molecule has 3 heteroatoms. The van der Waals surface area contributed by atoms with Crippen LogP contribution in [0.5, 0.6) is 0 Å². The van der Waals surface area contributed by atoms with Crippen LogP contribution >= 0.6 is 0 Å². The van der Waals surface area contributed by atoms with Crippen LogP contribution in [-0.4, -0.2) is 29.6 Å². The number of hydrogen-bond donors (Lipinski definition) is 0. The summed E-state index contributed by atoms with van der Waals surface area (Å²) in [6.45, 7) is 4.49. The Morgan fingerprint density at radius 2 is 2.10 bits per heavy atom. The molecule has 1 fully saturated rings. The van der Waals surface area contributed by atoms with Crippen LogP contribution in [0.25, 0.3) is 0 Å². The molecule has 2 aliphatic rings. The second kappa shape index (κ2) is 5.41. The van der Waals surface area contributed by atoms with E-state index in [-0.39, 0.29) is 18.1 Å². The second-order valence-electron chi connectivity index (χ2n) is 5.58. The maximum atomic E-state index is 12.3. The maximum absolute atomic E-state index is 12.3. The molecular weight excluding hydrogens is 250 g/mol. The monoisotopic (exact) mass is 271 g/mol. The molecule has 0 saturated carbocycles. The summed E-state index contributed by atoms with van der Waals surface area (Å²) in [6.07, 6.45) is 5.46. The number of carbonyl (C=O) groups is 1. The number of esters is 1. The van der Waals surface area contributed by atoms with Crippen molar-refractivity contribution in [2.75, 3.05) is 6.61 Å². The van der Waals surface area contributed by atoms with Gasteiger partial charge in [0, 0.05) is 18.0 Å². The van der Waals surface area contributed by atoms with E-state index >= 15 is 0 Å². The standard InChI is InChI=1S/C17H21NO2/c1-3-20-17(19)16-14-9-10-15(11-14)18(16)12(2)13-7-5-4-6-8-13/h4-10,12,14-16H,3,11H2,1-2H3/t12-,14+,15+,16+/m1/s1. The number of hydrogen-bond acceptors (Lipinski definition) is 3. The van der Waals surface area contributed by atoms with Crippen molar-refractivity contribution in [1.82, 2.24) is 4.90 Å². The van der Waals surface area contributed by atoms with Crippen molar-refractivity contribution in [3.63, 3.8) is 0 Å². The van der Waals surface area contributed by atoms with Crippen molar-refractivity contribution in [2.45, 2.75) is 38.4 Å². The Balaban J connectivity index is 1.87. The number of benzene rings is 1. The van der Waals surface area contributed by atoms with Crippen molar-refractivity contribution in [2.24, 2.45) is 5.92 Å². The van der Waals surface area contributed by atoms with Gasteiger partial charge in [0.15, 0.2) is 0 Å². The fraction of sp³-hybridized carbons (Fsp3) is 0.471. The molecule has 2 bridgehead atoms. The van der Waals surface area contributed by atoms with Gasteiger partial charge in [-0.05, 0) is 25.8 Å². The largest absolute Gasteiger partial charge is 0.465 e. The minimum absolute atomic E-state index is 0.0767. The van der Waals surface area contributed by atoms with E-state index in [2.05, 4.69) is 48.2 Å². The zero-order valence-corrected chi connectivity index (χ0v) is 12.0. The van der Waals surface area contributed by atoms with Gasteiger partial charge in [0.25, 0.3) is 0 Å². The van der Waals surface area contributed by atoms with Gasteiger partial charge >= 0.3 is 5.97 Å². The molecule has 0 unspecified atom stereocenters. The molecule has 0 amide bonds. The normalized spacial score (nSPS) is 29.6. The maximum Gasteiger partial charge on any atom is 0.323 e. The fourth-order valence-electron chi connectivity index (χ4n) is 3.55. The lowest BCUT2D eigenvalue weighted by Gasteiger charge is -2.36. The minimum Gasteiger partial charge on any atom is -0.465 e. The predicted octanol–water partition coefficient (Wildman–Crippen LogP) is 2.94. The van der Waals surface area contributed by atoms with Crippen LogP contribution in [-0.2, 0) is 9.53 Å². The molecule has 20 heavy (non-hydrogen) atoms. The van der Waals surface area contributed by atoms with E-state index in [1.54, 1.807) is 0 Å². The van der Waals surface area contributed by atoms with Crippen LogP contribution in [0.2, 0.25) is 0 Å². The number of carbonyl (C=O) groups excluding carboxylic acids is 1. The third-order valence-corrected chi connectivity index (χ3v) is 4.46. The number of fused-ring (bicyclic) bond motifs is 2. The SMILES string of the molecule is CCOC(=O)[C@@H]1[C@H]2C=C[C@@H](C2)N1[C@H](C)c1ccccc1. The summed E-state index contributed by atoms with van der Waals surface area (Å²) < 4.78 is 5.28. The highest BCUT2D eigenvalue weighted by molar-refractivity contribution is 5.77. The third kappa shape index (κ3) is 2.16. The highest BCUT2D eigenvalue weighted by Gasteiger charge is 2.49. The summed E-state index contributed by atoms with van der Waals surface area (Å²) in [5.41, 5.74) is 1.25. The number of rotatable bonds is 4. The molecule has 1 aromatic carbocycles. The Labute approximate surface area is 120 Å². The van der Waals surface area contributed by atoms with Gasteiger partial charge in [0.05, 0.1) is 6.61 Å². The summed E-state index contributed by atoms with van der Waals surface area (Å²) in [4.78, 5) is 14.6. The lowest BCUT2D eigenvalue weighted by atomic mass is 9.99. The summed E-state index contributed by atoms with van der Waals surface area (Å²) in [5, 5.41) is 0. The van der Waals surface area contributed by atoms with Gasteiger partial charge in [-0.15, -0.1) is 0 Å². The fourth-order valence-corrected chi connectivity index (χ4v) is 3.55. The first-order valence-electron chi connectivity index (χ1n) is 7.39. The Morgan fingerprint density at radius 1 is 1.35 bits per heavy atom. The predicted molar refractivity (Wildman–Crippen MR) is 78.2 cm³/mol. The van der Waals surface area contributed by atoms with Crippen molar-refractivity contribution in [1.29, 1.82) is 0 Å². The Morgan fingerprint density at radius 3 is 2.80 bits per heavy atom. The molecule has 3 rings (SSSR count). The molecule has 4 atom stereocenters. The van der Waals surface area contributed by atoms with Gasteiger partial charge in [-0.3, -0.25) is 9.69 Å². The van der Waals surface area contributed by atoms with Crippen LogP contribution in [0.15, 0.2) is 42.5 Å². The van der Waals surface area contributed by atoms with E-state index in [1.807, 2.05) is 13.0 Å². The average Bonchev–Trinajstić information content (AvgIpc) is 3.08. The van der Waals surface area contributed by atoms with Crippen molar-refractivity contribution in [3.05, 3.63) is 48.0 Å². The van der Waals surface area contributed by atoms with Crippen molar-refractivity contribution >= 4 is 5.97 Å². The van der Waals surface area contributed by atoms with E-state index < -0.39 is 0 Å². The lowest BCUT2D eigenvalue weighted by Crippen LogP contribution is -2.46. The molecule has 1 aliphatic carbocycles. The third-order valence-electron chi connectivity index (χ3n) is 4.46. The molecule has 0 N–H and O–H groups in total. The molecule has 0 aromatic heterocycles. The van der Waals surface area contributed by atoms with Gasteiger partial charge < -0.3 is 4.74 Å². The Kier molecular flexibility index (Phi) is 3.62. The smallest absolute Gasteiger partial charge is 0.323 e. The minimum atomic E-state index is -0.125. The van der Waals surface area contributed by atoms with E-state index in [0.29, 0.717) is 18.6 Å². The molecule has 1 saturated heterocycles. The molecular formula is C17H21NO2. The molecule has 0 spiro atoms. The molecule has 1 aromatic rings. The zero-order valence-electron chi connectivity index (χ0n) is 12.0. The number of nitrogens with zero attached hydrogens (tertiary/aromatic N) is 1. The van der Waals surface area contributed by atoms with Gasteiger partial charge in [0.2, 0.25) is 0 Å². The average molecular weight is 271 g/mol. The zero-order chi connectivity index (χ0) is 14.1. The summed E-state index contributed by atoms with van der Waals surface area (Å²) in [7, 11) is 0. The van der Waals surface area contributed by atoms with Crippen molar-refractivity contribution in [3.8, 4) is 0 Å².